The molecule has 0 bridgehead atoms. The van der Waals surface area contributed by atoms with Gasteiger partial charge in [0.1, 0.15) is 0 Å². The lowest BCUT2D eigenvalue weighted by Crippen LogP contribution is -2.14. The fraction of sp³-hybridized carbons (Fsp3) is 0.357. The molecule has 0 aliphatic rings. The molecule has 0 unspecified atom stereocenters. The minimum Gasteiger partial charge on any atom is -0.396 e. The second kappa shape index (κ2) is 4.24. The highest BCUT2D eigenvalue weighted by Gasteiger charge is 2.20. The Kier molecular flexibility index (Phi) is 2.92. The maximum atomic E-state index is 6.00. The molecule has 0 radical (unpaired) electrons. The van der Waals surface area contributed by atoms with Crippen LogP contribution in [-0.2, 0) is 12.0 Å². The monoisotopic (exact) mass is 229 g/mol. The molecule has 1 aromatic heterocycles. The summed E-state index contributed by atoms with van der Waals surface area (Å²) < 4.78 is 1.91. The third-order valence-corrected chi connectivity index (χ3v) is 2.69. The maximum absolute atomic E-state index is 6.00. The molecule has 0 fully saturated rings. The first kappa shape index (κ1) is 11.7. The quantitative estimate of drug-likeness (QED) is 0.860. The van der Waals surface area contributed by atoms with E-state index >= 15 is 0 Å². The minimum absolute atomic E-state index is 0.00792. The zero-order valence-electron chi connectivity index (χ0n) is 10.6. The summed E-state index contributed by atoms with van der Waals surface area (Å²) in [5.74, 6) is 0. The van der Waals surface area contributed by atoms with Gasteiger partial charge in [0.2, 0.25) is 0 Å². The fourth-order valence-corrected chi connectivity index (χ4v) is 1.87. The van der Waals surface area contributed by atoms with E-state index in [4.69, 9.17) is 5.73 Å². The van der Waals surface area contributed by atoms with Crippen LogP contribution in [0.4, 0.5) is 5.69 Å². The highest BCUT2D eigenvalue weighted by atomic mass is 15.3. The number of aromatic nitrogens is 2. The summed E-state index contributed by atoms with van der Waals surface area (Å²) in [6.07, 6.45) is 1.91. The second-order valence-electron chi connectivity index (χ2n) is 5.37. The van der Waals surface area contributed by atoms with Gasteiger partial charge in [0, 0.05) is 11.6 Å². The Hall–Kier alpha value is -1.77. The molecule has 0 saturated carbocycles. The van der Waals surface area contributed by atoms with E-state index in [9.17, 15) is 0 Å². The summed E-state index contributed by atoms with van der Waals surface area (Å²) in [4.78, 5) is 0. The summed E-state index contributed by atoms with van der Waals surface area (Å²) in [5.41, 5.74) is 8.96. The lowest BCUT2D eigenvalue weighted by atomic mass is 9.92. The van der Waals surface area contributed by atoms with Crippen molar-refractivity contribution in [2.75, 3.05) is 5.73 Å². The molecule has 90 valence electrons. The molecule has 0 aliphatic heterocycles. The minimum atomic E-state index is -0.00792. The number of hydrogen-bond donors (Lipinski definition) is 1. The van der Waals surface area contributed by atoms with E-state index < -0.39 is 0 Å². The summed E-state index contributed by atoms with van der Waals surface area (Å²) in [5, 5.41) is 4.57. The van der Waals surface area contributed by atoms with Gasteiger partial charge in [-0.1, -0.05) is 51.1 Å². The molecule has 0 saturated heterocycles. The van der Waals surface area contributed by atoms with Crippen molar-refractivity contribution in [3.63, 3.8) is 0 Å². The summed E-state index contributed by atoms with van der Waals surface area (Å²) in [7, 11) is 0. The van der Waals surface area contributed by atoms with Gasteiger partial charge in [-0.3, -0.25) is 4.68 Å². The van der Waals surface area contributed by atoms with E-state index in [2.05, 4.69) is 38.0 Å². The predicted octanol–water partition coefficient (Wildman–Crippen LogP) is 2.81. The fourth-order valence-electron chi connectivity index (χ4n) is 1.87. The maximum Gasteiger partial charge on any atom is 0.0907 e. The number of nitrogens with two attached hydrogens (primary N) is 1. The van der Waals surface area contributed by atoms with E-state index in [1.54, 1.807) is 0 Å². The molecule has 2 aromatic rings. The lowest BCUT2D eigenvalue weighted by Gasteiger charge is -2.15. The van der Waals surface area contributed by atoms with Crippen LogP contribution >= 0.6 is 0 Å². The van der Waals surface area contributed by atoms with Gasteiger partial charge < -0.3 is 5.73 Å². The Balaban J connectivity index is 2.24. The van der Waals surface area contributed by atoms with Crippen molar-refractivity contribution in [3.05, 3.63) is 47.8 Å². The van der Waals surface area contributed by atoms with Crippen LogP contribution in [0.2, 0.25) is 0 Å². The first-order chi connectivity index (χ1) is 7.97. The Labute approximate surface area is 102 Å². The predicted molar refractivity (Wildman–Crippen MR) is 70.9 cm³/mol. The molecule has 0 atom stereocenters. The zero-order chi connectivity index (χ0) is 12.5. The van der Waals surface area contributed by atoms with Crippen LogP contribution in [0.1, 0.15) is 32.0 Å². The second-order valence-corrected chi connectivity index (χ2v) is 5.37. The number of nitrogens with zero attached hydrogens (tertiary/aromatic N) is 2. The third-order valence-electron chi connectivity index (χ3n) is 2.69. The van der Waals surface area contributed by atoms with Crippen molar-refractivity contribution in [2.45, 2.75) is 32.7 Å². The number of anilines is 1. The van der Waals surface area contributed by atoms with Crippen molar-refractivity contribution in [2.24, 2.45) is 0 Å². The molecule has 1 heterocycles. The Bertz CT molecular complexity index is 492. The standard InChI is InChI=1S/C14H19N3/c1-14(2,3)13-12(15)10-17(16-13)9-11-7-5-4-6-8-11/h4-8,10H,9,15H2,1-3H3. The van der Waals surface area contributed by atoms with Crippen molar-refractivity contribution in [1.82, 2.24) is 9.78 Å². The molecule has 3 heteroatoms. The molecular formula is C14H19N3. The normalized spacial score (nSPS) is 11.7. The van der Waals surface area contributed by atoms with Crippen LogP contribution in [0.5, 0.6) is 0 Å². The van der Waals surface area contributed by atoms with Crippen molar-refractivity contribution in [3.8, 4) is 0 Å². The van der Waals surface area contributed by atoms with Gasteiger partial charge in [0.05, 0.1) is 17.9 Å². The van der Waals surface area contributed by atoms with Crippen LogP contribution in [0.3, 0.4) is 0 Å². The number of nitrogen functional groups attached to an aromatic ring is 1. The van der Waals surface area contributed by atoms with Crippen LogP contribution in [-0.4, -0.2) is 9.78 Å². The first-order valence-corrected chi connectivity index (χ1v) is 5.84. The Morgan fingerprint density at radius 3 is 2.35 bits per heavy atom. The largest absolute Gasteiger partial charge is 0.396 e. The number of rotatable bonds is 2. The molecule has 2 N–H and O–H groups in total. The molecule has 2 rings (SSSR count). The van der Waals surface area contributed by atoms with Gasteiger partial charge >= 0.3 is 0 Å². The average Bonchev–Trinajstić information content (AvgIpc) is 2.60. The molecular weight excluding hydrogens is 210 g/mol. The SMILES string of the molecule is CC(C)(C)c1nn(Cc2ccccc2)cc1N. The molecule has 0 amide bonds. The van der Waals surface area contributed by atoms with Gasteiger partial charge in [-0.15, -0.1) is 0 Å². The van der Waals surface area contributed by atoms with Crippen LogP contribution in [0, 0.1) is 0 Å². The van der Waals surface area contributed by atoms with E-state index in [1.165, 1.54) is 5.56 Å². The average molecular weight is 229 g/mol. The Morgan fingerprint density at radius 1 is 1.18 bits per heavy atom. The zero-order valence-corrected chi connectivity index (χ0v) is 10.6. The number of hydrogen-bond acceptors (Lipinski definition) is 2. The van der Waals surface area contributed by atoms with Gasteiger partial charge in [-0.2, -0.15) is 5.10 Å². The van der Waals surface area contributed by atoms with Crippen LogP contribution in [0.15, 0.2) is 36.5 Å². The van der Waals surface area contributed by atoms with Gasteiger partial charge in [-0.05, 0) is 5.56 Å². The van der Waals surface area contributed by atoms with E-state index in [-0.39, 0.29) is 5.41 Å². The highest BCUT2D eigenvalue weighted by molar-refractivity contribution is 5.44. The molecule has 0 spiro atoms. The van der Waals surface area contributed by atoms with Crippen LogP contribution < -0.4 is 5.73 Å². The van der Waals surface area contributed by atoms with Crippen molar-refractivity contribution < 1.29 is 0 Å². The van der Waals surface area contributed by atoms with Gasteiger partial charge in [0.25, 0.3) is 0 Å². The molecule has 3 nitrogen and oxygen atoms in total. The smallest absolute Gasteiger partial charge is 0.0907 e. The third kappa shape index (κ3) is 2.67. The topological polar surface area (TPSA) is 43.8 Å². The molecule has 1 aromatic carbocycles. The highest BCUT2D eigenvalue weighted by Crippen LogP contribution is 2.25. The van der Waals surface area contributed by atoms with Gasteiger partial charge in [0.15, 0.2) is 0 Å². The number of benzene rings is 1. The molecule has 17 heavy (non-hydrogen) atoms. The first-order valence-electron chi connectivity index (χ1n) is 5.84. The van der Waals surface area contributed by atoms with E-state index in [0.717, 1.165) is 17.9 Å². The van der Waals surface area contributed by atoms with E-state index in [1.807, 2.05) is 29.1 Å². The Morgan fingerprint density at radius 2 is 1.82 bits per heavy atom. The summed E-state index contributed by atoms with van der Waals surface area (Å²) >= 11 is 0. The lowest BCUT2D eigenvalue weighted by molar-refractivity contribution is 0.546. The van der Waals surface area contributed by atoms with E-state index in [0.29, 0.717) is 0 Å². The summed E-state index contributed by atoms with van der Waals surface area (Å²) in [6, 6.07) is 10.3. The van der Waals surface area contributed by atoms with Crippen LogP contribution in [0.25, 0.3) is 0 Å². The van der Waals surface area contributed by atoms with Crippen molar-refractivity contribution in [1.29, 1.82) is 0 Å². The summed E-state index contributed by atoms with van der Waals surface area (Å²) in [6.45, 7) is 7.14. The van der Waals surface area contributed by atoms with Crippen molar-refractivity contribution >= 4 is 5.69 Å². The van der Waals surface area contributed by atoms with Gasteiger partial charge in [-0.25, -0.2) is 0 Å². The molecule has 0 aliphatic carbocycles.